The molecule has 0 atom stereocenters. The number of aromatic nitrogens is 1. The van der Waals surface area contributed by atoms with E-state index < -0.39 is 0 Å². The maximum atomic E-state index is 13.2. The Morgan fingerprint density at radius 3 is 2.56 bits per heavy atom. The Balaban J connectivity index is 2.54. The summed E-state index contributed by atoms with van der Waals surface area (Å²) in [6.07, 6.45) is 1.65. The molecule has 2 rings (SSSR count). The second-order valence-corrected chi connectivity index (χ2v) is 3.99. The Labute approximate surface area is 97.9 Å². The molecule has 82 valence electrons. The van der Waals surface area contributed by atoms with Crippen LogP contribution in [0, 0.1) is 12.7 Å². The van der Waals surface area contributed by atoms with E-state index in [2.05, 4.69) is 4.98 Å². The van der Waals surface area contributed by atoms with Gasteiger partial charge in [0.25, 0.3) is 0 Å². The Kier molecular flexibility index (Phi) is 2.79. The van der Waals surface area contributed by atoms with E-state index in [9.17, 15) is 4.39 Å². The third kappa shape index (κ3) is 2.14. The van der Waals surface area contributed by atoms with E-state index in [1.54, 1.807) is 18.3 Å². The summed E-state index contributed by atoms with van der Waals surface area (Å²) in [6.45, 7) is 1.82. The number of nitrogens with two attached hydrogens (primary N) is 1. The van der Waals surface area contributed by atoms with Gasteiger partial charge in [0.1, 0.15) is 5.82 Å². The molecular formula is C12H10ClFN2. The molecule has 0 radical (unpaired) electrons. The van der Waals surface area contributed by atoms with E-state index in [4.69, 9.17) is 17.3 Å². The molecule has 2 aromatic rings. The van der Waals surface area contributed by atoms with E-state index in [-0.39, 0.29) is 5.82 Å². The first kappa shape index (κ1) is 10.9. The van der Waals surface area contributed by atoms with Crippen molar-refractivity contribution in [2.75, 3.05) is 5.73 Å². The van der Waals surface area contributed by atoms with Gasteiger partial charge in [0, 0.05) is 16.8 Å². The fourth-order valence-corrected chi connectivity index (χ4v) is 1.65. The fourth-order valence-electron chi connectivity index (χ4n) is 1.43. The van der Waals surface area contributed by atoms with Crippen LogP contribution in [0.25, 0.3) is 11.1 Å². The molecule has 0 amide bonds. The van der Waals surface area contributed by atoms with Gasteiger partial charge in [-0.15, -0.1) is 0 Å². The lowest BCUT2D eigenvalue weighted by molar-refractivity contribution is 0.628. The van der Waals surface area contributed by atoms with Crippen molar-refractivity contribution in [2.45, 2.75) is 6.92 Å². The van der Waals surface area contributed by atoms with Gasteiger partial charge in [-0.2, -0.15) is 0 Å². The number of halogens is 2. The largest absolute Gasteiger partial charge is 0.397 e. The summed E-state index contributed by atoms with van der Waals surface area (Å²) < 4.78 is 13.2. The summed E-state index contributed by atoms with van der Waals surface area (Å²) in [6, 6.07) is 6.09. The van der Waals surface area contributed by atoms with Gasteiger partial charge in [0.15, 0.2) is 0 Å². The van der Waals surface area contributed by atoms with Crippen molar-refractivity contribution in [3.8, 4) is 11.1 Å². The zero-order chi connectivity index (χ0) is 11.7. The van der Waals surface area contributed by atoms with Crippen LogP contribution in [-0.4, -0.2) is 4.98 Å². The minimum absolute atomic E-state index is 0.356. The molecule has 2 N–H and O–H groups in total. The summed E-state index contributed by atoms with van der Waals surface area (Å²) in [4.78, 5) is 4.12. The predicted octanol–water partition coefficient (Wildman–Crippen LogP) is 3.43. The molecule has 16 heavy (non-hydrogen) atoms. The van der Waals surface area contributed by atoms with E-state index in [1.807, 2.05) is 6.92 Å². The third-order valence-electron chi connectivity index (χ3n) is 2.32. The molecule has 0 aliphatic carbocycles. The molecule has 0 fully saturated rings. The average Bonchev–Trinajstić information content (AvgIpc) is 2.20. The standard InChI is InChI=1S/C12H10ClFN2/c1-7-12(15)4-9(6-16-7)8-2-10(13)5-11(14)3-8/h2-6H,15H2,1H3. The van der Waals surface area contributed by atoms with Gasteiger partial charge in [-0.3, -0.25) is 4.98 Å². The molecule has 1 aromatic heterocycles. The molecule has 0 spiro atoms. The summed E-state index contributed by atoms with van der Waals surface area (Å²) in [5.41, 5.74) is 8.51. The third-order valence-corrected chi connectivity index (χ3v) is 2.54. The minimum atomic E-state index is -0.373. The van der Waals surface area contributed by atoms with Gasteiger partial charge in [-0.1, -0.05) is 11.6 Å². The summed E-state index contributed by atoms with van der Waals surface area (Å²) in [7, 11) is 0. The maximum absolute atomic E-state index is 13.2. The Hall–Kier alpha value is -1.61. The number of pyridine rings is 1. The molecule has 0 saturated heterocycles. The van der Waals surface area contributed by atoms with Crippen molar-refractivity contribution in [3.63, 3.8) is 0 Å². The average molecular weight is 237 g/mol. The van der Waals surface area contributed by atoms with Crippen LogP contribution in [-0.2, 0) is 0 Å². The molecule has 2 nitrogen and oxygen atoms in total. The Morgan fingerprint density at radius 2 is 1.94 bits per heavy atom. The minimum Gasteiger partial charge on any atom is -0.397 e. The molecule has 0 bridgehead atoms. The number of anilines is 1. The maximum Gasteiger partial charge on any atom is 0.125 e. The second-order valence-electron chi connectivity index (χ2n) is 3.56. The van der Waals surface area contributed by atoms with Gasteiger partial charge in [-0.25, -0.2) is 4.39 Å². The van der Waals surface area contributed by atoms with Crippen LogP contribution in [0.2, 0.25) is 5.02 Å². The van der Waals surface area contributed by atoms with E-state index in [0.29, 0.717) is 16.3 Å². The van der Waals surface area contributed by atoms with Crippen LogP contribution >= 0.6 is 11.6 Å². The number of nitrogens with zero attached hydrogens (tertiary/aromatic N) is 1. The highest BCUT2D eigenvalue weighted by molar-refractivity contribution is 6.30. The molecule has 1 heterocycles. The van der Waals surface area contributed by atoms with E-state index in [1.165, 1.54) is 12.1 Å². The topological polar surface area (TPSA) is 38.9 Å². The first-order chi connectivity index (χ1) is 7.56. The highest BCUT2D eigenvalue weighted by Gasteiger charge is 2.04. The molecular weight excluding hydrogens is 227 g/mol. The predicted molar refractivity (Wildman–Crippen MR) is 63.8 cm³/mol. The van der Waals surface area contributed by atoms with E-state index >= 15 is 0 Å². The van der Waals surface area contributed by atoms with Crippen LogP contribution in [0.15, 0.2) is 30.5 Å². The molecule has 0 unspecified atom stereocenters. The van der Waals surface area contributed by atoms with E-state index in [0.717, 1.165) is 11.3 Å². The molecule has 1 aromatic carbocycles. The Bertz CT molecular complexity index is 520. The van der Waals surface area contributed by atoms with Crippen LogP contribution in [0.1, 0.15) is 5.69 Å². The number of nitrogen functional groups attached to an aromatic ring is 1. The normalized spacial score (nSPS) is 10.4. The number of hydrogen-bond acceptors (Lipinski definition) is 2. The first-order valence-electron chi connectivity index (χ1n) is 4.75. The summed E-state index contributed by atoms with van der Waals surface area (Å²) >= 11 is 5.78. The van der Waals surface area contributed by atoms with Crippen molar-refractivity contribution in [2.24, 2.45) is 0 Å². The number of benzene rings is 1. The lowest BCUT2D eigenvalue weighted by Gasteiger charge is -2.05. The molecule has 0 aliphatic rings. The smallest absolute Gasteiger partial charge is 0.125 e. The SMILES string of the molecule is Cc1ncc(-c2cc(F)cc(Cl)c2)cc1N. The van der Waals surface area contributed by atoms with Gasteiger partial charge in [0.2, 0.25) is 0 Å². The van der Waals surface area contributed by atoms with Crippen molar-refractivity contribution in [1.29, 1.82) is 0 Å². The van der Waals surface area contributed by atoms with Gasteiger partial charge in [-0.05, 0) is 36.8 Å². The number of aryl methyl sites for hydroxylation is 1. The number of hydrogen-bond donors (Lipinski definition) is 1. The molecule has 4 heteroatoms. The lowest BCUT2D eigenvalue weighted by Crippen LogP contribution is -1.93. The monoisotopic (exact) mass is 236 g/mol. The van der Waals surface area contributed by atoms with Gasteiger partial charge >= 0.3 is 0 Å². The zero-order valence-electron chi connectivity index (χ0n) is 8.67. The molecule has 0 aliphatic heterocycles. The van der Waals surface area contributed by atoms with Crippen molar-refractivity contribution >= 4 is 17.3 Å². The summed E-state index contributed by atoms with van der Waals surface area (Å²) in [5, 5.41) is 0.356. The van der Waals surface area contributed by atoms with Crippen molar-refractivity contribution in [1.82, 2.24) is 4.98 Å². The molecule has 0 saturated carbocycles. The number of rotatable bonds is 1. The van der Waals surface area contributed by atoms with Crippen LogP contribution in [0.3, 0.4) is 0 Å². The quantitative estimate of drug-likeness (QED) is 0.824. The van der Waals surface area contributed by atoms with Crippen molar-refractivity contribution < 1.29 is 4.39 Å². The van der Waals surface area contributed by atoms with Crippen LogP contribution in [0.5, 0.6) is 0 Å². The van der Waals surface area contributed by atoms with Gasteiger partial charge < -0.3 is 5.73 Å². The van der Waals surface area contributed by atoms with Gasteiger partial charge in [0.05, 0.1) is 11.4 Å². The fraction of sp³-hybridized carbons (Fsp3) is 0.0833. The van der Waals surface area contributed by atoms with Crippen LogP contribution in [0.4, 0.5) is 10.1 Å². The lowest BCUT2D eigenvalue weighted by atomic mass is 10.1. The highest BCUT2D eigenvalue weighted by Crippen LogP contribution is 2.25. The second kappa shape index (κ2) is 4.10. The van der Waals surface area contributed by atoms with Crippen molar-refractivity contribution in [3.05, 3.63) is 47.0 Å². The zero-order valence-corrected chi connectivity index (χ0v) is 9.42. The highest BCUT2D eigenvalue weighted by atomic mass is 35.5. The summed E-state index contributed by atoms with van der Waals surface area (Å²) in [5.74, 6) is -0.373. The Morgan fingerprint density at radius 1 is 1.19 bits per heavy atom. The first-order valence-corrected chi connectivity index (χ1v) is 5.12. The van der Waals surface area contributed by atoms with Crippen LogP contribution < -0.4 is 5.73 Å².